The van der Waals surface area contributed by atoms with Crippen molar-refractivity contribution in [3.8, 4) is 11.4 Å². The molecule has 0 saturated heterocycles. The van der Waals surface area contributed by atoms with Gasteiger partial charge in [-0.05, 0) is 37.3 Å². The van der Waals surface area contributed by atoms with Gasteiger partial charge in [0, 0.05) is 17.8 Å². The largest absolute Gasteiger partial charge is 0.398 e. The van der Waals surface area contributed by atoms with Crippen LogP contribution in [-0.4, -0.2) is 9.55 Å². The first-order valence-corrected chi connectivity index (χ1v) is 6.32. The Morgan fingerprint density at radius 3 is 2.75 bits per heavy atom. The van der Waals surface area contributed by atoms with Crippen LogP contribution in [0, 0.1) is 11.6 Å². The van der Waals surface area contributed by atoms with Gasteiger partial charge >= 0.3 is 0 Å². The molecule has 0 radical (unpaired) electrons. The van der Waals surface area contributed by atoms with Crippen molar-refractivity contribution in [2.45, 2.75) is 13.5 Å². The van der Waals surface area contributed by atoms with E-state index in [0.717, 1.165) is 0 Å². The Morgan fingerprint density at radius 2 is 2.00 bits per heavy atom. The molecule has 0 aliphatic heterocycles. The second-order valence-corrected chi connectivity index (χ2v) is 4.52. The van der Waals surface area contributed by atoms with Crippen molar-refractivity contribution in [2.75, 3.05) is 5.73 Å². The smallest absolute Gasteiger partial charge is 0.151 e. The minimum atomic E-state index is -0.399. The third kappa shape index (κ3) is 1.82. The average molecular weight is 273 g/mol. The van der Waals surface area contributed by atoms with E-state index in [0.29, 0.717) is 29.1 Å². The van der Waals surface area contributed by atoms with E-state index < -0.39 is 11.6 Å². The van der Waals surface area contributed by atoms with Crippen LogP contribution in [0.5, 0.6) is 0 Å². The van der Waals surface area contributed by atoms with Crippen LogP contribution in [0.25, 0.3) is 22.4 Å². The van der Waals surface area contributed by atoms with Gasteiger partial charge in [-0.25, -0.2) is 13.8 Å². The highest BCUT2D eigenvalue weighted by atomic mass is 19.1. The summed E-state index contributed by atoms with van der Waals surface area (Å²) >= 11 is 0. The number of fused-ring (bicyclic) bond motifs is 1. The zero-order valence-electron chi connectivity index (χ0n) is 10.9. The molecule has 0 aliphatic carbocycles. The van der Waals surface area contributed by atoms with Gasteiger partial charge in [0.2, 0.25) is 0 Å². The molecule has 0 amide bonds. The predicted octanol–water partition coefficient (Wildman–Crippen LogP) is 3.58. The number of imidazole rings is 1. The number of halogens is 2. The van der Waals surface area contributed by atoms with Crippen molar-refractivity contribution in [1.82, 2.24) is 9.55 Å². The maximum Gasteiger partial charge on any atom is 0.151 e. The summed E-state index contributed by atoms with van der Waals surface area (Å²) in [5, 5.41) is 0. The quantitative estimate of drug-likeness (QED) is 0.725. The molecule has 0 unspecified atom stereocenters. The summed E-state index contributed by atoms with van der Waals surface area (Å²) in [5.41, 5.74) is 7.72. The molecule has 0 aliphatic rings. The van der Waals surface area contributed by atoms with Gasteiger partial charge in [-0.15, -0.1) is 0 Å². The zero-order chi connectivity index (χ0) is 14.3. The number of nitrogen functional groups attached to an aromatic ring is 1. The molecule has 0 fully saturated rings. The monoisotopic (exact) mass is 273 g/mol. The number of para-hydroxylation sites is 1. The van der Waals surface area contributed by atoms with Crippen LogP contribution in [-0.2, 0) is 6.54 Å². The molecular formula is C15H13F2N3. The van der Waals surface area contributed by atoms with E-state index in [1.54, 1.807) is 12.1 Å². The van der Waals surface area contributed by atoms with Crippen LogP contribution in [0.15, 0.2) is 36.4 Å². The van der Waals surface area contributed by atoms with Crippen molar-refractivity contribution in [3.05, 3.63) is 48.0 Å². The standard InChI is InChI=1S/C15H13F2N3/c1-2-20-13-5-3-4-11(17)14(13)19-15(20)10-8-9(16)6-7-12(10)18/h3-8H,2,18H2,1H3. The average Bonchev–Trinajstić information content (AvgIpc) is 2.81. The lowest BCUT2D eigenvalue weighted by Gasteiger charge is -2.08. The van der Waals surface area contributed by atoms with Crippen LogP contribution in [0.3, 0.4) is 0 Å². The summed E-state index contributed by atoms with van der Waals surface area (Å²) < 4.78 is 29.1. The lowest BCUT2D eigenvalue weighted by Crippen LogP contribution is -2.00. The normalized spacial score (nSPS) is 11.2. The van der Waals surface area contributed by atoms with Gasteiger partial charge in [0.1, 0.15) is 17.2 Å². The number of rotatable bonds is 2. The molecule has 102 valence electrons. The van der Waals surface area contributed by atoms with Crippen molar-refractivity contribution in [3.63, 3.8) is 0 Å². The van der Waals surface area contributed by atoms with Gasteiger partial charge in [-0.3, -0.25) is 0 Å². The second-order valence-electron chi connectivity index (χ2n) is 4.52. The van der Waals surface area contributed by atoms with E-state index in [2.05, 4.69) is 4.98 Å². The number of nitrogens with two attached hydrogens (primary N) is 1. The van der Waals surface area contributed by atoms with E-state index in [4.69, 9.17) is 5.73 Å². The minimum absolute atomic E-state index is 0.271. The van der Waals surface area contributed by atoms with Crippen molar-refractivity contribution < 1.29 is 8.78 Å². The Bertz CT molecular complexity index is 793. The molecule has 3 nitrogen and oxygen atoms in total. The van der Waals surface area contributed by atoms with E-state index in [1.807, 2.05) is 11.5 Å². The molecule has 2 N–H and O–H groups in total. The van der Waals surface area contributed by atoms with Crippen molar-refractivity contribution in [1.29, 1.82) is 0 Å². The van der Waals surface area contributed by atoms with E-state index in [9.17, 15) is 8.78 Å². The summed E-state index contributed by atoms with van der Waals surface area (Å²) in [6, 6.07) is 8.87. The minimum Gasteiger partial charge on any atom is -0.398 e. The summed E-state index contributed by atoms with van der Waals surface area (Å²) in [5.74, 6) is -0.320. The fraction of sp³-hybridized carbons (Fsp3) is 0.133. The topological polar surface area (TPSA) is 43.8 Å². The Balaban J connectivity index is 2.36. The Kier molecular flexibility index (Phi) is 2.89. The van der Waals surface area contributed by atoms with E-state index >= 15 is 0 Å². The maximum absolute atomic E-state index is 13.8. The SMILES string of the molecule is CCn1c(-c2cc(F)ccc2N)nc2c(F)cccc21. The fourth-order valence-electron chi connectivity index (χ4n) is 2.36. The Morgan fingerprint density at radius 1 is 1.20 bits per heavy atom. The first kappa shape index (κ1) is 12.6. The number of aryl methyl sites for hydroxylation is 1. The molecule has 20 heavy (non-hydrogen) atoms. The van der Waals surface area contributed by atoms with Crippen LogP contribution in [0.4, 0.5) is 14.5 Å². The van der Waals surface area contributed by atoms with Gasteiger partial charge < -0.3 is 10.3 Å². The Hall–Kier alpha value is -2.43. The van der Waals surface area contributed by atoms with Crippen LogP contribution >= 0.6 is 0 Å². The third-order valence-electron chi connectivity index (χ3n) is 3.30. The number of anilines is 1. The fourth-order valence-corrected chi connectivity index (χ4v) is 2.36. The molecule has 1 aromatic heterocycles. The number of nitrogens with zero attached hydrogens (tertiary/aromatic N) is 2. The summed E-state index contributed by atoms with van der Waals surface area (Å²) in [6.07, 6.45) is 0. The highest BCUT2D eigenvalue weighted by Crippen LogP contribution is 2.30. The molecule has 3 aromatic rings. The molecule has 1 heterocycles. The van der Waals surface area contributed by atoms with Crippen LogP contribution in [0.1, 0.15) is 6.92 Å². The van der Waals surface area contributed by atoms with Gasteiger partial charge in [-0.1, -0.05) is 6.07 Å². The maximum atomic E-state index is 13.8. The van der Waals surface area contributed by atoms with Crippen molar-refractivity contribution in [2.24, 2.45) is 0 Å². The number of benzene rings is 2. The lowest BCUT2D eigenvalue weighted by molar-refractivity contribution is 0.628. The molecule has 5 heteroatoms. The molecule has 0 atom stereocenters. The zero-order valence-corrected chi connectivity index (χ0v) is 10.9. The summed E-state index contributed by atoms with van der Waals surface area (Å²) in [4.78, 5) is 4.30. The first-order chi connectivity index (χ1) is 9.61. The highest BCUT2D eigenvalue weighted by molar-refractivity contribution is 5.84. The van der Waals surface area contributed by atoms with Gasteiger partial charge in [-0.2, -0.15) is 0 Å². The van der Waals surface area contributed by atoms with E-state index in [1.165, 1.54) is 24.3 Å². The third-order valence-corrected chi connectivity index (χ3v) is 3.30. The molecule has 0 saturated carbocycles. The molecule has 0 bridgehead atoms. The predicted molar refractivity (Wildman–Crippen MR) is 75.2 cm³/mol. The van der Waals surface area contributed by atoms with Crippen molar-refractivity contribution >= 4 is 16.7 Å². The van der Waals surface area contributed by atoms with Gasteiger partial charge in [0.25, 0.3) is 0 Å². The molecule has 2 aromatic carbocycles. The Labute approximate surface area is 114 Å². The first-order valence-electron chi connectivity index (χ1n) is 6.32. The van der Waals surface area contributed by atoms with Gasteiger partial charge in [0.15, 0.2) is 5.82 Å². The van der Waals surface area contributed by atoms with E-state index in [-0.39, 0.29) is 5.52 Å². The highest BCUT2D eigenvalue weighted by Gasteiger charge is 2.16. The summed E-state index contributed by atoms with van der Waals surface area (Å²) in [6.45, 7) is 2.51. The number of hydrogen-bond donors (Lipinski definition) is 1. The molecule has 3 rings (SSSR count). The van der Waals surface area contributed by atoms with Crippen LogP contribution in [0.2, 0.25) is 0 Å². The van der Waals surface area contributed by atoms with Crippen LogP contribution < -0.4 is 5.73 Å². The number of hydrogen-bond acceptors (Lipinski definition) is 2. The summed E-state index contributed by atoms with van der Waals surface area (Å²) in [7, 11) is 0. The second kappa shape index (κ2) is 4.59. The molecular weight excluding hydrogens is 260 g/mol. The molecule has 0 spiro atoms. The van der Waals surface area contributed by atoms with Gasteiger partial charge in [0.05, 0.1) is 5.52 Å². The lowest BCUT2D eigenvalue weighted by atomic mass is 10.1. The number of aromatic nitrogens is 2.